The van der Waals surface area contributed by atoms with E-state index in [2.05, 4.69) is 31.2 Å². The Kier molecular flexibility index (Phi) is 9.26. The molecular weight excluding hydrogens is 685 g/mol. The average molecular weight is 719 g/mol. The van der Waals surface area contributed by atoms with Gasteiger partial charge in [-0.1, -0.05) is 59.6 Å². The fourth-order valence-electron chi connectivity index (χ4n) is 6.47. The highest BCUT2D eigenvalue weighted by atomic mass is 35.5. The Hall–Kier alpha value is -4.89. The van der Waals surface area contributed by atoms with Gasteiger partial charge < -0.3 is 25.4 Å². The second-order valence-electron chi connectivity index (χ2n) is 12.3. The fraction of sp³-hybridized carbons (Fsp3) is 0.324. The number of aromatic nitrogens is 4. The molecular formula is C34H33Cl2N9O5. The normalized spacial score (nSPS) is 18.1. The molecule has 258 valence electrons. The maximum absolute atomic E-state index is 12.2. The van der Waals surface area contributed by atoms with E-state index >= 15 is 0 Å². The first-order chi connectivity index (χ1) is 24.2. The summed E-state index contributed by atoms with van der Waals surface area (Å²) >= 11 is 14.1. The van der Waals surface area contributed by atoms with Gasteiger partial charge in [0, 0.05) is 67.4 Å². The summed E-state index contributed by atoms with van der Waals surface area (Å²) in [5.41, 5.74) is 4.00. The van der Waals surface area contributed by atoms with Gasteiger partial charge in [-0.15, -0.1) is 0 Å². The molecule has 4 amide bonds. The van der Waals surface area contributed by atoms with Crippen LogP contribution in [-0.2, 0) is 22.7 Å². The number of hydrogen-bond acceptors (Lipinski definition) is 11. The van der Waals surface area contributed by atoms with Gasteiger partial charge in [-0.25, -0.2) is 14.8 Å². The Bertz CT molecular complexity index is 2010. The van der Waals surface area contributed by atoms with Crippen molar-refractivity contribution in [2.75, 3.05) is 33.9 Å². The van der Waals surface area contributed by atoms with Gasteiger partial charge in [-0.3, -0.25) is 29.8 Å². The van der Waals surface area contributed by atoms with Crippen LogP contribution in [0.25, 0.3) is 33.6 Å². The molecule has 14 nitrogen and oxygen atoms in total. The number of carbonyl (C=O) groups excluding carboxylic acids is 3. The Labute approximate surface area is 297 Å². The minimum atomic E-state index is -0.902. The van der Waals surface area contributed by atoms with E-state index in [0.717, 1.165) is 6.42 Å². The number of benzene rings is 2. The zero-order valence-electron chi connectivity index (χ0n) is 27.2. The predicted molar refractivity (Wildman–Crippen MR) is 185 cm³/mol. The zero-order chi connectivity index (χ0) is 35.0. The largest absolute Gasteiger partial charge is 0.480 e. The molecule has 16 heteroatoms. The van der Waals surface area contributed by atoms with Crippen LogP contribution in [0.5, 0.6) is 11.8 Å². The highest BCUT2D eigenvalue weighted by Crippen LogP contribution is 2.42. The summed E-state index contributed by atoms with van der Waals surface area (Å²) in [5.74, 6) is 0.436. The first-order valence-corrected chi connectivity index (χ1v) is 16.7. The van der Waals surface area contributed by atoms with Crippen LogP contribution < -0.4 is 30.7 Å². The van der Waals surface area contributed by atoms with Crippen LogP contribution in [0.2, 0.25) is 10.0 Å². The summed E-state index contributed by atoms with van der Waals surface area (Å²) in [4.78, 5) is 55.9. The van der Waals surface area contributed by atoms with Crippen molar-refractivity contribution < 1.29 is 23.9 Å². The van der Waals surface area contributed by atoms with E-state index in [1.807, 2.05) is 41.3 Å². The van der Waals surface area contributed by atoms with E-state index in [9.17, 15) is 14.4 Å². The van der Waals surface area contributed by atoms with Crippen molar-refractivity contribution in [3.63, 3.8) is 0 Å². The fourth-order valence-corrected chi connectivity index (χ4v) is 7.12. The summed E-state index contributed by atoms with van der Waals surface area (Å²) < 4.78 is 11.2. The molecule has 3 saturated heterocycles. The van der Waals surface area contributed by atoms with Gasteiger partial charge in [0.2, 0.25) is 17.7 Å². The average Bonchev–Trinajstić information content (AvgIpc) is 3.65. The Balaban J connectivity index is 1.10. The summed E-state index contributed by atoms with van der Waals surface area (Å²) in [6, 6.07) is 10.8. The van der Waals surface area contributed by atoms with Gasteiger partial charge >= 0.3 is 6.03 Å². The zero-order valence-corrected chi connectivity index (χ0v) is 28.7. The van der Waals surface area contributed by atoms with Crippen LogP contribution in [0.15, 0.2) is 48.8 Å². The Morgan fingerprint density at radius 1 is 0.880 bits per heavy atom. The Morgan fingerprint density at radius 2 is 1.46 bits per heavy atom. The van der Waals surface area contributed by atoms with E-state index in [-0.39, 0.29) is 17.9 Å². The maximum Gasteiger partial charge on any atom is 0.322 e. The molecule has 0 unspecified atom stereocenters. The lowest BCUT2D eigenvalue weighted by Crippen LogP contribution is -2.70. The molecule has 1 atom stereocenters. The highest BCUT2D eigenvalue weighted by Gasteiger charge is 2.54. The molecule has 1 spiro atoms. The number of carbonyl (C=O) groups is 3. The highest BCUT2D eigenvalue weighted by molar-refractivity contribution is 6.39. The van der Waals surface area contributed by atoms with Crippen LogP contribution in [-0.4, -0.2) is 88.1 Å². The standard InChI is InChI=1S/C34H33Cl2N9O5/c1-49-30-25(12-37-11-18-9-10-27(46)40-18)38-13-23(41-30)21-7-3-5-19(28(21)35)20-6-4-8-22(29(20)36)24-14-39-26(31(42-24)50-2)15-45-16-34(17-45)32(47)43-33(48)44-34/h3-8,13-14,18,37H,9-12,15-17H2,1-2H3,(H,40,46)(H2,43,44,47,48)/t18-/m0/s1. The van der Waals surface area contributed by atoms with Gasteiger partial charge in [0.25, 0.3) is 5.91 Å². The van der Waals surface area contributed by atoms with Crippen molar-refractivity contribution in [3.8, 4) is 45.4 Å². The van der Waals surface area contributed by atoms with Crippen molar-refractivity contribution in [1.29, 1.82) is 0 Å². The SMILES string of the molecule is COc1nc(-c2cccc(-c3cccc(-c4cnc(CN5CC6(C5)NC(=O)NC6=O)c(OC)n4)c3Cl)c2Cl)cnc1CNC[C@@H]1CCC(=O)N1. The molecule has 0 radical (unpaired) electrons. The lowest BCUT2D eigenvalue weighted by Gasteiger charge is -2.45. The number of hydrogen-bond donors (Lipinski definition) is 4. The van der Waals surface area contributed by atoms with E-state index in [1.54, 1.807) is 19.5 Å². The molecule has 7 rings (SSSR count). The number of nitrogens with one attached hydrogen (secondary N) is 4. The number of ether oxygens (including phenoxy) is 2. The van der Waals surface area contributed by atoms with Crippen LogP contribution in [0, 0.1) is 0 Å². The van der Waals surface area contributed by atoms with Gasteiger partial charge in [0.05, 0.1) is 48.0 Å². The minimum Gasteiger partial charge on any atom is -0.480 e. The third kappa shape index (κ3) is 6.42. The summed E-state index contributed by atoms with van der Waals surface area (Å²) in [7, 11) is 3.06. The molecule has 5 heterocycles. The van der Waals surface area contributed by atoms with Gasteiger partial charge in [0.1, 0.15) is 16.9 Å². The number of amides is 4. The van der Waals surface area contributed by atoms with Crippen molar-refractivity contribution >= 4 is 41.0 Å². The second-order valence-corrected chi connectivity index (χ2v) is 13.1. The lowest BCUT2D eigenvalue weighted by molar-refractivity contribution is -0.130. The maximum atomic E-state index is 12.2. The molecule has 0 saturated carbocycles. The monoisotopic (exact) mass is 717 g/mol. The molecule has 4 aromatic rings. The van der Waals surface area contributed by atoms with Crippen molar-refractivity contribution in [2.24, 2.45) is 0 Å². The summed E-state index contributed by atoms with van der Waals surface area (Å²) in [5, 5.41) is 12.1. The molecule has 3 aliphatic rings. The van der Waals surface area contributed by atoms with Crippen LogP contribution >= 0.6 is 23.2 Å². The molecule has 3 fully saturated rings. The van der Waals surface area contributed by atoms with Gasteiger partial charge in [-0.05, 0) is 6.42 Å². The quantitative estimate of drug-likeness (QED) is 0.168. The van der Waals surface area contributed by atoms with Crippen molar-refractivity contribution in [3.05, 3.63) is 70.2 Å². The van der Waals surface area contributed by atoms with Crippen molar-refractivity contribution in [1.82, 2.24) is 46.1 Å². The first kappa shape index (κ1) is 33.6. The van der Waals surface area contributed by atoms with E-state index in [0.29, 0.717) is 106 Å². The number of likely N-dealkylation sites (tertiary alicyclic amines) is 1. The third-order valence-electron chi connectivity index (χ3n) is 8.99. The first-order valence-electron chi connectivity index (χ1n) is 15.9. The second kappa shape index (κ2) is 13.8. The predicted octanol–water partition coefficient (Wildman–Crippen LogP) is 3.35. The number of urea groups is 1. The number of halogens is 2. The van der Waals surface area contributed by atoms with E-state index in [4.69, 9.17) is 42.6 Å². The molecule has 2 aromatic heterocycles. The molecule has 0 aliphatic carbocycles. The van der Waals surface area contributed by atoms with Crippen LogP contribution in [0.4, 0.5) is 4.79 Å². The lowest BCUT2D eigenvalue weighted by atomic mass is 9.90. The summed E-state index contributed by atoms with van der Waals surface area (Å²) in [6.07, 6.45) is 4.63. The summed E-state index contributed by atoms with van der Waals surface area (Å²) in [6.45, 7) is 2.13. The number of imide groups is 1. The van der Waals surface area contributed by atoms with E-state index in [1.165, 1.54) is 7.11 Å². The third-order valence-corrected chi connectivity index (χ3v) is 9.81. The topological polar surface area (TPSA) is 173 Å². The molecule has 2 aromatic carbocycles. The van der Waals surface area contributed by atoms with Crippen molar-refractivity contribution in [2.45, 2.75) is 37.5 Å². The van der Waals surface area contributed by atoms with E-state index < -0.39 is 11.6 Å². The van der Waals surface area contributed by atoms with Gasteiger partial charge in [-0.2, -0.15) is 0 Å². The minimum absolute atomic E-state index is 0.0717. The number of methoxy groups -OCH3 is 2. The molecule has 4 N–H and O–H groups in total. The molecule has 0 bridgehead atoms. The Morgan fingerprint density at radius 3 is 2.00 bits per heavy atom. The molecule has 3 aliphatic heterocycles. The van der Waals surface area contributed by atoms with Gasteiger partial charge in [0.15, 0.2) is 0 Å². The number of nitrogens with zero attached hydrogens (tertiary/aromatic N) is 5. The smallest absolute Gasteiger partial charge is 0.322 e. The van der Waals surface area contributed by atoms with Crippen LogP contribution in [0.1, 0.15) is 24.2 Å². The number of rotatable bonds is 11. The van der Waals surface area contributed by atoms with Crippen LogP contribution in [0.3, 0.4) is 0 Å². The molecule has 50 heavy (non-hydrogen) atoms.